The van der Waals surface area contributed by atoms with Gasteiger partial charge in [-0.2, -0.15) is 0 Å². The largest absolute Gasteiger partial charge is 0.497 e. The summed E-state index contributed by atoms with van der Waals surface area (Å²) in [6.07, 6.45) is -6.44. The molecule has 1 aromatic rings. The van der Waals surface area contributed by atoms with Gasteiger partial charge in [-0.25, -0.2) is 0 Å². The predicted molar refractivity (Wildman–Crippen MR) is 67.4 cm³/mol. The van der Waals surface area contributed by atoms with E-state index in [-0.39, 0.29) is 0 Å². The number of ether oxygens (including phenoxy) is 3. The van der Waals surface area contributed by atoms with E-state index in [0.717, 1.165) is 0 Å². The highest BCUT2D eigenvalue weighted by Gasteiger charge is 2.44. The van der Waals surface area contributed by atoms with Gasteiger partial charge >= 0.3 is 0 Å². The normalized spacial score (nSPS) is 33.8. The van der Waals surface area contributed by atoms with E-state index in [0.29, 0.717) is 11.5 Å². The summed E-state index contributed by atoms with van der Waals surface area (Å²) in [4.78, 5) is 0. The molecule has 1 fully saturated rings. The van der Waals surface area contributed by atoms with Gasteiger partial charge in [0.05, 0.1) is 13.7 Å². The highest BCUT2D eigenvalue weighted by atomic mass is 16.7. The molecule has 5 atom stereocenters. The summed E-state index contributed by atoms with van der Waals surface area (Å²) in [5.41, 5.74) is 0. The molecule has 0 amide bonds. The van der Waals surface area contributed by atoms with Gasteiger partial charge in [-0.15, -0.1) is 0 Å². The van der Waals surface area contributed by atoms with Crippen molar-refractivity contribution in [2.45, 2.75) is 30.7 Å². The molecule has 0 aromatic heterocycles. The monoisotopic (exact) mass is 286 g/mol. The zero-order valence-corrected chi connectivity index (χ0v) is 10.9. The van der Waals surface area contributed by atoms with Crippen LogP contribution in [0.1, 0.15) is 0 Å². The summed E-state index contributed by atoms with van der Waals surface area (Å²) < 4.78 is 15.6. The zero-order chi connectivity index (χ0) is 14.7. The predicted octanol–water partition coefficient (Wildman–Crippen LogP) is -1.13. The second-order valence-electron chi connectivity index (χ2n) is 4.49. The van der Waals surface area contributed by atoms with Crippen molar-refractivity contribution in [3.63, 3.8) is 0 Å². The third kappa shape index (κ3) is 3.02. The molecule has 1 aliphatic rings. The molecule has 0 radical (unpaired) electrons. The zero-order valence-electron chi connectivity index (χ0n) is 10.9. The minimum atomic E-state index is -1.45. The summed E-state index contributed by atoms with van der Waals surface area (Å²) in [6, 6.07) is 6.55. The molecule has 0 spiro atoms. The second-order valence-corrected chi connectivity index (χ2v) is 4.49. The molecule has 0 bridgehead atoms. The van der Waals surface area contributed by atoms with Crippen molar-refractivity contribution in [1.82, 2.24) is 0 Å². The van der Waals surface area contributed by atoms with E-state index in [4.69, 9.17) is 19.3 Å². The van der Waals surface area contributed by atoms with E-state index in [1.807, 2.05) is 0 Å². The van der Waals surface area contributed by atoms with Crippen molar-refractivity contribution in [3.05, 3.63) is 24.3 Å². The molecule has 1 aliphatic heterocycles. The van der Waals surface area contributed by atoms with Crippen LogP contribution in [0.2, 0.25) is 0 Å². The van der Waals surface area contributed by atoms with E-state index in [9.17, 15) is 15.3 Å². The summed E-state index contributed by atoms with van der Waals surface area (Å²) in [6.45, 7) is -0.493. The van der Waals surface area contributed by atoms with Crippen molar-refractivity contribution in [3.8, 4) is 11.5 Å². The molecule has 7 heteroatoms. The van der Waals surface area contributed by atoms with Gasteiger partial charge in [0.1, 0.15) is 35.9 Å². The van der Waals surface area contributed by atoms with Gasteiger partial charge in [-0.05, 0) is 24.3 Å². The maximum atomic E-state index is 9.82. The first-order chi connectivity index (χ1) is 9.56. The molecule has 1 aromatic carbocycles. The summed E-state index contributed by atoms with van der Waals surface area (Å²) in [5.74, 6) is 1.04. The number of aliphatic hydroxyl groups excluding tert-OH is 4. The Morgan fingerprint density at radius 3 is 2.15 bits per heavy atom. The quantitative estimate of drug-likeness (QED) is 0.555. The summed E-state index contributed by atoms with van der Waals surface area (Å²) in [7, 11) is 1.54. The van der Waals surface area contributed by atoms with Crippen molar-refractivity contribution in [2.24, 2.45) is 0 Å². The fourth-order valence-corrected chi connectivity index (χ4v) is 1.95. The lowest BCUT2D eigenvalue weighted by atomic mass is 9.99. The fourth-order valence-electron chi connectivity index (χ4n) is 1.95. The maximum Gasteiger partial charge on any atom is 0.229 e. The lowest BCUT2D eigenvalue weighted by molar-refractivity contribution is -0.277. The topological polar surface area (TPSA) is 109 Å². The van der Waals surface area contributed by atoms with Gasteiger partial charge in [-0.3, -0.25) is 0 Å². The van der Waals surface area contributed by atoms with Crippen molar-refractivity contribution < 1.29 is 34.6 Å². The Morgan fingerprint density at radius 1 is 1.00 bits per heavy atom. The third-order valence-corrected chi connectivity index (χ3v) is 3.16. The molecule has 1 saturated heterocycles. The van der Waals surface area contributed by atoms with Gasteiger partial charge < -0.3 is 34.6 Å². The van der Waals surface area contributed by atoms with Crippen LogP contribution in [-0.4, -0.2) is 64.8 Å². The first-order valence-electron chi connectivity index (χ1n) is 6.18. The molecule has 0 saturated carbocycles. The number of benzene rings is 1. The third-order valence-electron chi connectivity index (χ3n) is 3.16. The van der Waals surface area contributed by atoms with E-state index in [1.165, 1.54) is 7.11 Å². The molecule has 20 heavy (non-hydrogen) atoms. The van der Waals surface area contributed by atoms with Crippen molar-refractivity contribution in [1.29, 1.82) is 0 Å². The Kier molecular flexibility index (Phi) is 4.79. The maximum absolute atomic E-state index is 9.82. The highest BCUT2D eigenvalue weighted by molar-refractivity contribution is 5.31. The van der Waals surface area contributed by atoms with E-state index < -0.39 is 37.3 Å². The van der Waals surface area contributed by atoms with Crippen molar-refractivity contribution in [2.75, 3.05) is 13.7 Å². The Hall–Kier alpha value is -1.38. The minimum absolute atomic E-state index is 0.398. The van der Waals surface area contributed by atoms with Crippen molar-refractivity contribution >= 4 is 0 Å². The Labute approximate surface area is 115 Å². The van der Waals surface area contributed by atoms with Crippen LogP contribution in [0, 0.1) is 0 Å². The molecule has 2 rings (SSSR count). The molecule has 0 aliphatic carbocycles. The van der Waals surface area contributed by atoms with Crippen LogP contribution in [0.4, 0.5) is 0 Å². The summed E-state index contributed by atoms with van der Waals surface area (Å²) >= 11 is 0. The second kappa shape index (κ2) is 6.38. The van der Waals surface area contributed by atoms with Gasteiger partial charge in [0, 0.05) is 0 Å². The molecular formula is C13H18O7. The lowest BCUT2D eigenvalue weighted by Crippen LogP contribution is -2.60. The number of hydrogen-bond donors (Lipinski definition) is 4. The van der Waals surface area contributed by atoms with Gasteiger partial charge in [0.25, 0.3) is 0 Å². The first kappa shape index (κ1) is 15.0. The standard InChI is InChI=1S/C13H18O7/c1-18-7-2-4-8(5-3-7)19-13-12(17)11(16)10(15)9(6-14)20-13/h2-5,9-17H,6H2,1H3/t9-,10+,11+,12-,13-/m1/s1. The van der Waals surface area contributed by atoms with Gasteiger partial charge in [-0.1, -0.05) is 0 Å². The van der Waals surface area contributed by atoms with Crippen LogP contribution in [0.25, 0.3) is 0 Å². The van der Waals surface area contributed by atoms with E-state index in [1.54, 1.807) is 24.3 Å². The number of methoxy groups -OCH3 is 1. The number of hydrogen-bond acceptors (Lipinski definition) is 7. The van der Waals surface area contributed by atoms with Crippen LogP contribution < -0.4 is 9.47 Å². The molecule has 4 N–H and O–H groups in total. The molecule has 112 valence electrons. The SMILES string of the molecule is COc1ccc(O[C@@H]2O[C@H](CO)[C@H](O)[C@H](O)[C@H]2O)cc1. The number of aliphatic hydroxyl groups is 4. The average Bonchev–Trinajstić information content (AvgIpc) is 2.48. The van der Waals surface area contributed by atoms with Crippen LogP contribution >= 0.6 is 0 Å². The van der Waals surface area contributed by atoms with Crippen LogP contribution in [0.5, 0.6) is 11.5 Å². The van der Waals surface area contributed by atoms with Crippen LogP contribution in [-0.2, 0) is 4.74 Å². The Morgan fingerprint density at radius 2 is 1.60 bits per heavy atom. The molecule has 1 heterocycles. The Balaban J connectivity index is 2.06. The number of rotatable bonds is 4. The molecular weight excluding hydrogens is 268 g/mol. The van der Waals surface area contributed by atoms with Crippen LogP contribution in [0.15, 0.2) is 24.3 Å². The van der Waals surface area contributed by atoms with E-state index in [2.05, 4.69) is 0 Å². The van der Waals surface area contributed by atoms with Gasteiger partial charge in [0.2, 0.25) is 6.29 Å². The minimum Gasteiger partial charge on any atom is -0.497 e. The first-order valence-corrected chi connectivity index (χ1v) is 6.18. The fraction of sp³-hybridized carbons (Fsp3) is 0.538. The molecule has 7 nitrogen and oxygen atoms in total. The van der Waals surface area contributed by atoms with E-state index >= 15 is 0 Å². The summed E-state index contributed by atoms with van der Waals surface area (Å²) in [5, 5.41) is 38.2. The highest BCUT2D eigenvalue weighted by Crippen LogP contribution is 2.25. The Bertz CT molecular complexity index is 419. The smallest absolute Gasteiger partial charge is 0.229 e. The average molecular weight is 286 g/mol. The lowest BCUT2D eigenvalue weighted by Gasteiger charge is -2.39. The molecule has 0 unspecified atom stereocenters. The van der Waals surface area contributed by atoms with Gasteiger partial charge in [0.15, 0.2) is 0 Å². The van der Waals surface area contributed by atoms with Crippen LogP contribution in [0.3, 0.4) is 0 Å².